The maximum absolute atomic E-state index is 5.91. The molecular weight excluding hydrogens is 212 g/mol. The number of hydrogen-bond donors (Lipinski definition) is 0. The SMILES string of the molecule is c1ccc2c(c1)oc1c3ccccc3[o+]cc21. The fraction of sp³-hybridized carbons (Fsp3) is 0. The normalized spacial score (nSPS) is 11.5. The summed E-state index contributed by atoms with van der Waals surface area (Å²) in [6.45, 7) is 0. The highest BCUT2D eigenvalue weighted by Gasteiger charge is 2.16. The Kier molecular flexibility index (Phi) is 1.59. The van der Waals surface area contributed by atoms with E-state index in [1.807, 2.05) is 48.5 Å². The molecule has 0 aliphatic carbocycles. The van der Waals surface area contributed by atoms with E-state index in [-0.39, 0.29) is 0 Å². The van der Waals surface area contributed by atoms with Crippen LogP contribution >= 0.6 is 0 Å². The molecule has 4 rings (SSSR count). The van der Waals surface area contributed by atoms with E-state index in [0.717, 1.165) is 32.9 Å². The lowest BCUT2D eigenvalue weighted by atomic mass is 10.1. The summed E-state index contributed by atoms with van der Waals surface area (Å²) in [5.41, 5.74) is 2.64. The summed E-state index contributed by atoms with van der Waals surface area (Å²) < 4.78 is 11.5. The first-order chi connectivity index (χ1) is 8.43. The van der Waals surface area contributed by atoms with Crippen molar-refractivity contribution in [2.75, 3.05) is 0 Å². The molecule has 0 aliphatic rings. The highest BCUT2D eigenvalue weighted by molar-refractivity contribution is 6.12. The van der Waals surface area contributed by atoms with Crippen molar-refractivity contribution in [1.29, 1.82) is 0 Å². The van der Waals surface area contributed by atoms with Gasteiger partial charge in [-0.1, -0.05) is 30.3 Å². The van der Waals surface area contributed by atoms with Crippen molar-refractivity contribution in [3.63, 3.8) is 0 Å². The van der Waals surface area contributed by atoms with Crippen LogP contribution in [0.1, 0.15) is 0 Å². The van der Waals surface area contributed by atoms with Crippen LogP contribution in [0.3, 0.4) is 0 Å². The van der Waals surface area contributed by atoms with Gasteiger partial charge in [0.2, 0.25) is 0 Å². The zero-order valence-corrected chi connectivity index (χ0v) is 9.01. The quantitative estimate of drug-likeness (QED) is 0.405. The van der Waals surface area contributed by atoms with Crippen molar-refractivity contribution >= 4 is 32.9 Å². The molecule has 0 unspecified atom stereocenters. The molecule has 17 heavy (non-hydrogen) atoms. The van der Waals surface area contributed by atoms with Crippen LogP contribution in [0.2, 0.25) is 0 Å². The molecule has 2 aromatic heterocycles. The lowest BCUT2D eigenvalue weighted by Gasteiger charge is -1.87. The van der Waals surface area contributed by atoms with Crippen molar-refractivity contribution in [1.82, 2.24) is 0 Å². The van der Waals surface area contributed by atoms with Gasteiger partial charge in [-0.25, -0.2) is 4.42 Å². The van der Waals surface area contributed by atoms with E-state index in [9.17, 15) is 0 Å². The van der Waals surface area contributed by atoms with Crippen LogP contribution in [0.15, 0.2) is 63.6 Å². The van der Waals surface area contributed by atoms with E-state index in [1.54, 1.807) is 6.26 Å². The molecule has 0 amide bonds. The smallest absolute Gasteiger partial charge is 0.363 e. The fourth-order valence-corrected chi connectivity index (χ4v) is 2.26. The molecule has 4 aromatic rings. The van der Waals surface area contributed by atoms with Crippen molar-refractivity contribution in [3.8, 4) is 0 Å². The molecule has 0 radical (unpaired) electrons. The monoisotopic (exact) mass is 221 g/mol. The topological polar surface area (TPSA) is 24.4 Å². The minimum absolute atomic E-state index is 0.846. The minimum Gasteiger partial charge on any atom is -0.455 e. The Balaban J connectivity index is 2.34. The fourth-order valence-electron chi connectivity index (χ4n) is 2.26. The molecule has 80 valence electrons. The standard InChI is InChI=1S/C15H9O2/c1-4-8-14-10(5-1)12-9-16-13-7-3-2-6-11(13)15(12)17-14/h1-9H/q+1. The lowest BCUT2D eigenvalue weighted by Crippen LogP contribution is -1.72. The first-order valence-electron chi connectivity index (χ1n) is 5.54. The maximum atomic E-state index is 5.91. The van der Waals surface area contributed by atoms with Gasteiger partial charge in [0.25, 0.3) is 0 Å². The molecular formula is C15H9O2+. The van der Waals surface area contributed by atoms with Crippen LogP contribution in [-0.4, -0.2) is 0 Å². The zero-order chi connectivity index (χ0) is 11.2. The van der Waals surface area contributed by atoms with Crippen LogP contribution < -0.4 is 0 Å². The van der Waals surface area contributed by atoms with E-state index in [2.05, 4.69) is 0 Å². The predicted octanol–water partition coefficient (Wildman–Crippen LogP) is 4.61. The number of furan rings is 1. The molecule has 2 nitrogen and oxygen atoms in total. The van der Waals surface area contributed by atoms with Crippen molar-refractivity contribution < 1.29 is 8.83 Å². The van der Waals surface area contributed by atoms with Gasteiger partial charge in [0, 0.05) is 11.5 Å². The number of hydrogen-bond acceptors (Lipinski definition) is 1. The van der Waals surface area contributed by atoms with E-state index in [0.29, 0.717) is 0 Å². The first kappa shape index (κ1) is 8.76. The summed E-state index contributed by atoms with van der Waals surface area (Å²) in [6.07, 6.45) is 1.77. The molecule has 2 heteroatoms. The molecule has 2 heterocycles. The lowest BCUT2D eigenvalue weighted by molar-refractivity contribution is 0.606. The average Bonchev–Trinajstić information content (AvgIpc) is 2.78. The van der Waals surface area contributed by atoms with Crippen LogP contribution in [0.4, 0.5) is 0 Å². The van der Waals surface area contributed by atoms with Crippen LogP contribution in [0.25, 0.3) is 32.9 Å². The van der Waals surface area contributed by atoms with Crippen molar-refractivity contribution in [3.05, 3.63) is 54.8 Å². The number of para-hydroxylation sites is 2. The molecule has 0 bridgehead atoms. The third-order valence-electron chi connectivity index (χ3n) is 3.07. The molecule has 0 saturated heterocycles. The van der Waals surface area contributed by atoms with Crippen molar-refractivity contribution in [2.24, 2.45) is 0 Å². The second-order valence-corrected chi connectivity index (χ2v) is 4.07. The molecule has 0 spiro atoms. The van der Waals surface area contributed by atoms with Gasteiger partial charge < -0.3 is 4.42 Å². The third kappa shape index (κ3) is 1.12. The van der Waals surface area contributed by atoms with Gasteiger partial charge in [0.15, 0.2) is 5.58 Å². The molecule has 2 aromatic carbocycles. The van der Waals surface area contributed by atoms with Gasteiger partial charge in [-0.3, -0.25) is 0 Å². The van der Waals surface area contributed by atoms with Crippen LogP contribution in [0, 0.1) is 0 Å². The second-order valence-electron chi connectivity index (χ2n) is 4.07. The molecule has 0 N–H and O–H groups in total. The number of fused-ring (bicyclic) bond motifs is 5. The molecule has 0 saturated carbocycles. The predicted molar refractivity (Wildman–Crippen MR) is 67.9 cm³/mol. The largest absolute Gasteiger partial charge is 0.455 e. The minimum atomic E-state index is 0.846. The summed E-state index contributed by atoms with van der Waals surface area (Å²) in [5, 5.41) is 3.14. The maximum Gasteiger partial charge on any atom is 0.363 e. The first-order valence-corrected chi connectivity index (χ1v) is 5.54. The zero-order valence-electron chi connectivity index (χ0n) is 9.01. The summed E-state index contributed by atoms with van der Waals surface area (Å²) in [4.78, 5) is 0. The van der Waals surface area contributed by atoms with Gasteiger partial charge in [-0.15, -0.1) is 0 Å². The van der Waals surface area contributed by atoms with Crippen molar-refractivity contribution in [2.45, 2.75) is 0 Å². The summed E-state index contributed by atoms with van der Waals surface area (Å²) in [5.74, 6) is 0. The Morgan fingerprint density at radius 3 is 2.47 bits per heavy atom. The van der Waals surface area contributed by atoms with E-state index < -0.39 is 0 Å². The Morgan fingerprint density at radius 1 is 0.765 bits per heavy atom. The summed E-state index contributed by atoms with van der Waals surface area (Å²) >= 11 is 0. The van der Waals surface area contributed by atoms with Gasteiger partial charge in [-0.05, 0) is 12.1 Å². The number of rotatable bonds is 0. The third-order valence-corrected chi connectivity index (χ3v) is 3.07. The Bertz CT molecular complexity index is 843. The molecule has 0 atom stereocenters. The molecule has 0 aliphatic heterocycles. The van der Waals surface area contributed by atoms with Gasteiger partial charge in [-0.2, -0.15) is 0 Å². The van der Waals surface area contributed by atoms with Gasteiger partial charge in [0.1, 0.15) is 16.4 Å². The highest BCUT2D eigenvalue weighted by atomic mass is 16.3. The van der Waals surface area contributed by atoms with Gasteiger partial charge >= 0.3 is 11.8 Å². The average molecular weight is 221 g/mol. The van der Waals surface area contributed by atoms with Gasteiger partial charge in [0.05, 0.1) is 0 Å². The number of benzene rings is 2. The summed E-state index contributed by atoms with van der Waals surface area (Å²) in [6, 6.07) is 15.9. The van der Waals surface area contributed by atoms with E-state index in [1.165, 1.54) is 0 Å². The molecule has 0 fully saturated rings. The van der Waals surface area contributed by atoms with E-state index in [4.69, 9.17) is 8.83 Å². The van der Waals surface area contributed by atoms with Crippen LogP contribution in [-0.2, 0) is 0 Å². The Hall–Kier alpha value is -2.35. The Labute approximate surface area is 97.1 Å². The second kappa shape index (κ2) is 3.08. The van der Waals surface area contributed by atoms with E-state index >= 15 is 0 Å². The summed E-state index contributed by atoms with van der Waals surface area (Å²) in [7, 11) is 0. The highest BCUT2D eigenvalue weighted by Crippen LogP contribution is 2.33. The Morgan fingerprint density at radius 2 is 1.53 bits per heavy atom. The van der Waals surface area contributed by atoms with Crippen LogP contribution in [0.5, 0.6) is 0 Å².